The maximum absolute atomic E-state index is 10.7. The van der Waals surface area contributed by atoms with Gasteiger partial charge in [-0.2, -0.15) is 11.8 Å². The van der Waals surface area contributed by atoms with E-state index in [9.17, 15) is 10.1 Å². The van der Waals surface area contributed by atoms with E-state index in [4.69, 9.17) is 11.6 Å². The van der Waals surface area contributed by atoms with Gasteiger partial charge in [0.05, 0.1) is 4.92 Å². The zero-order valence-corrected chi connectivity index (χ0v) is 10.7. The van der Waals surface area contributed by atoms with E-state index in [-0.39, 0.29) is 10.7 Å². The van der Waals surface area contributed by atoms with Gasteiger partial charge in [-0.3, -0.25) is 10.1 Å². The molecule has 0 N–H and O–H groups in total. The Morgan fingerprint density at radius 3 is 2.88 bits per heavy atom. The van der Waals surface area contributed by atoms with E-state index in [1.807, 2.05) is 6.07 Å². The molecule has 0 radical (unpaired) electrons. The van der Waals surface area contributed by atoms with Crippen LogP contribution in [0.25, 0.3) is 0 Å². The average molecular weight is 260 g/mol. The third-order valence-electron chi connectivity index (χ3n) is 2.12. The minimum atomic E-state index is -0.442. The molecule has 1 aromatic carbocycles. The van der Waals surface area contributed by atoms with Crippen LogP contribution in [0.5, 0.6) is 0 Å². The van der Waals surface area contributed by atoms with Gasteiger partial charge in [0.2, 0.25) is 0 Å². The van der Waals surface area contributed by atoms with Crippen LogP contribution in [-0.2, 0) is 5.75 Å². The van der Waals surface area contributed by atoms with E-state index in [1.165, 1.54) is 12.8 Å². The number of nitrogens with zero attached hydrogens (tertiary/aromatic N) is 1. The quantitative estimate of drug-likeness (QED) is 0.435. The van der Waals surface area contributed by atoms with Gasteiger partial charge in [-0.05, 0) is 23.8 Å². The molecule has 0 heterocycles. The fourth-order valence-electron chi connectivity index (χ4n) is 1.22. The van der Waals surface area contributed by atoms with Crippen molar-refractivity contribution >= 4 is 29.1 Å². The summed E-state index contributed by atoms with van der Waals surface area (Å²) in [6.45, 7) is 2.15. The van der Waals surface area contributed by atoms with Crippen LogP contribution in [0.3, 0.4) is 0 Å². The number of rotatable bonds is 6. The molecule has 0 aliphatic carbocycles. The van der Waals surface area contributed by atoms with Crippen LogP contribution in [0, 0.1) is 10.1 Å². The molecule has 16 heavy (non-hydrogen) atoms. The van der Waals surface area contributed by atoms with Crippen LogP contribution in [-0.4, -0.2) is 10.7 Å². The van der Waals surface area contributed by atoms with Crippen LogP contribution in [0.1, 0.15) is 25.3 Å². The minimum Gasteiger partial charge on any atom is -0.258 e. The number of benzene rings is 1. The second-order valence-corrected chi connectivity index (χ2v) is 4.96. The summed E-state index contributed by atoms with van der Waals surface area (Å²) in [6.07, 6.45) is 2.36. The van der Waals surface area contributed by atoms with Crippen molar-refractivity contribution in [3.8, 4) is 0 Å². The van der Waals surface area contributed by atoms with Gasteiger partial charge in [0.25, 0.3) is 5.69 Å². The Balaban J connectivity index is 2.61. The summed E-state index contributed by atoms with van der Waals surface area (Å²) in [6, 6.07) is 4.99. The molecule has 0 aromatic heterocycles. The summed E-state index contributed by atoms with van der Waals surface area (Å²) in [4.78, 5) is 10.2. The van der Waals surface area contributed by atoms with Gasteiger partial charge in [-0.1, -0.05) is 31.0 Å². The Labute approximate surface area is 104 Å². The third-order valence-corrected chi connectivity index (χ3v) is 3.55. The highest BCUT2D eigenvalue weighted by Gasteiger charge is 2.12. The van der Waals surface area contributed by atoms with Crippen molar-refractivity contribution in [3.05, 3.63) is 38.9 Å². The molecule has 0 saturated heterocycles. The van der Waals surface area contributed by atoms with Crippen LogP contribution >= 0.6 is 23.4 Å². The lowest BCUT2D eigenvalue weighted by Gasteiger charge is -2.02. The minimum absolute atomic E-state index is 0.00439. The summed E-state index contributed by atoms with van der Waals surface area (Å²) in [7, 11) is 0. The summed E-state index contributed by atoms with van der Waals surface area (Å²) >= 11 is 7.52. The van der Waals surface area contributed by atoms with Crippen molar-refractivity contribution < 1.29 is 4.92 Å². The Kier molecular flexibility index (Phi) is 5.63. The van der Waals surface area contributed by atoms with Crippen LogP contribution in [0.2, 0.25) is 5.02 Å². The van der Waals surface area contributed by atoms with Gasteiger partial charge in [0.1, 0.15) is 5.02 Å². The summed E-state index contributed by atoms with van der Waals surface area (Å²) in [5.41, 5.74) is 0.951. The van der Waals surface area contributed by atoms with Crippen LogP contribution < -0.4 is 0 Å². The summed E-state index contributed by atoms with van der Waals surface area (Å²) in [5, 5.41) is 10.9. The molecule has 0 spiro atoms. The fourth-order valence-corrected chi connectivity index (χ4v) is 2.46. The monoisotopic (exact) mass is 259 g/mol. The SMILES string of the molecule is CCCCSCc1ccc(Cl)c([N+](=O)[O-])c1. The van der Waals surface area contributed by atoms with Crippen molar-refractivity contribution in [2.24, 2.45) is 0 Å². The first-order chi connectivity index (χ1) is 7.65. The average Bonchev–Trinajstić information content (AvgIpc) is 2.26. The van der Waals surface area contributed by atoms with Gasteiger partial charge in [0, 0.05) is 11.8 Å². The smallest absolute Gasteiger partial charge is 0.258 e. The number of halogens is 1. The molecule has 0 unspecified atom stereocenters. The topological polar surface area (TPSA) is 43.1 Å². The van der Waals surface area contributed by atoms with Crippen molar-refractivity contribution in [1.29, 1.82) is 0 Å². The number of unbranched alkanes of at least 4 members (excludes halogenated alkanes) is 1. The van der Waals surface area contributed by atoms with Gasteiger partial charge >= 0.3 is 0 Å². The Morgan fingerprint density at radius 1 is 1.50 bits per heavy atom. The Hall–Kier alpha value is -0.740. The van der Waals surface area contributed by atoms with Gasteiger partial charge in [0.15, 0.2) is 0 Å². The van der Waals surface area contributed by atoms with Crippen molar-refractivity contribution in [2.75, 3.05) is 5.75 Å². The van der Waals surface area contributed by atoms with Gasteiger partial charge in [-0.25, -0.2) is 0 Å². The molecule has 88 valence electrons. The first kappa shape index (κ1) is 13.3. The zero-order valence-electron chi connectivity index (χ0n) is 9.11. The normalized spacial score (nSPS) is 10.4. The predicted octanol–water partition coefficient (Wildman–Crippen LogP) is 4.28. The molecule has 0 fully saturated rings. The molecule has 1 aromatic rings. The number of hydrogen-bond acceptors (Lipinski definition) is 3. The van der Waals surface area contributed by atoms with E-state index >= 15 is 0 Å². The maximum Gasteiger partial charge on any atom is 0.288 e. The molecule has 0 aliphatic heterocycles. The molecule has 0 amide bonds. The van der Waals surface area contributed by atoms with E-state index in [0.29, 0.717) is 0 Å². The number of hydrogen-bond donors (Lipinski definition) is 0. The van der Waals surface area contributed by atoms with E-state index in [0.717, 1.165) is 17.1 Å². The number of nitro benzene ring substituents is 1. The molecule has 0 atom stereocenters. The lowest BCUT2D eigenvalue weighted by molar-refractivity contribution is -0.384. The molecule has 0 bridgehead atoms. The second-order valence-electron chi connectivity index (χ2n) is 3.45. The molecule has 1 rings (SSSR count). The van der Waals surface area contributed by atoms with Crippen molar-refractivity contribution in [3.63, 3.8) is 0 Å². The molecule has 3 nitrogen and oxygen atoms in total. The van der Waals surface area contributed by atoms with Crippen molar-refractivity contribution in [2.45, 2.75) is 25.5 Å². The first-order valence-corrected chi connectivity index (χ1v) is 6.69. The molecular weight excluding hydrogens is 246 g/mol. The maximum atomic E-state index is 10.7. The van der Waals surface area contributed by atoms with E-state index in [1.54, 1.807) is 23.9 Å². The fraction of sp³-hybridized carbons (Fsp3) is 0.455. The number of nitro groups is 1. The number of thioether (sulfide) groups is 1. The Bertz CT molecular complexity index is 371. The van der Waals surface area contributed by atoms with Crippen LogP contribution in [0.4, 0.5) is 5.69 Å². The highest BCUT2D eigenvalue weighted by molar-refractivity contribution is 7.98. The lowest BCUT2D eigenvalue weighted by atomic mass is 10.2. The molecule has 0 aliphatic rings. The highest BCUT2D eigenvalue weighted by atomic mass is 35.5. The predicted molar refractivity (Wildman–Crippen MR) is 69.2 cm³/mol. The first-order valence-electron chi connectivity index (χ1n) is 5.15. The summed E-state index contributed by atoms with van der Waals surface area (Å²) < 4.78 is 0. The van der Waals surface area contributed by atoms with Gasteiger partial charge < -0.3 is 0 Å². The standard InChI is InChI=1S/C11H14ClNO2S/c1-2-3-6-16-8-9-4-5-10(12)11(7-9)13(14)15/h4-5,7H,2-3,6,8H2,1H3. The van der Waals surface area contributed by atoms with Crippen LogP contribution in [0.15, 0.2) is 18.2 Å². The Morgan fingerprint density at radius 2 is 2.25 bits per heavy atom. The molecule has 0 saturated carbocycles. The summed E-state index contributed by atoms with van der Waals surface area (Å²) in [5.74, 6) is 1.89. The van der Waals surface area contributed by atoms with E-state index < -0.39 is 4.92 Å². The van der Waals surface area contributed by atoms with E-state index in [2.05, 4.69) is 6.92 Å². The highest BCUT2D eigenvalue weighted by Crippen LogP contribution is 2.26. The van der Waals surface area contributed by atoms with Crippen molar-refractivity contribution in [1.82, 2.24) is 0 Å². The molecule has 5 heteroatoms. The second kappa shape index (κ2) is 6.76. The molecular formula is C11H14ClNO2S. The van der Waals surface area contributed by atoms with Gasteiger partial charge in [-0.15, -0.1) is 0 Å². The third kappa shape index (κ3) is 4.02. The largest absolute Gasteiger partial charge is 0.288 e. The lowest BCUT2D eigenvalue weighted by Crippen LogP contribution is -1.91. The zero-order chi connectivity index (χ0) is 12.0.